The van der Waals surface area contributed by atoms with Gasteiger partial charge in [-0.1, -0.05) is 20.8 Å². The summed E-state index contributed by atoms with van der Waals surface area (Å²) in [5.74, 6) is 2.63. The number of nitrogens with zero attached hydrogens (tertiary/aromatic N) is 4. The maximum Gasteiger partial charge on any atom is 0.141 e. The molecule has 5 nitrogen and oxygen atoms in total. The molecule has 2 heterocycles. The van der Waals surface area contributed by atoms with Crippen molar-refractivity contribution in [3.05, 3.63) is 12.2 Å². The van der Waals surface area contributed by atoms with E-state index < -0.39 is 0 Å². The molecule has 120 valence electrons. The van der Waals surface area contributed by atoms with Crippen molar-refractivity contribution in [3.63, 3.8) is 0 Å². The summed E-state index contributed by atoms with van der Waals surface area (Å²) in [6.07, 6.45) is 5.45. The molecule has 0 spiro atoms. The number of rotatable bonds is 8. The molecule has 1 fully saturated rings. The summed E-state index contributed by atoms with van der Waals surface area (Å²) in [4.78, 5) is 6.98. The fourth-order valence-electron chi connectivity index (χ4n) is 3.05. The lowest BCUT2D eigenvalue weighted by Gasteiger charge is -2.32. The van der Waals surface area contributed by atoms with Crippen molar-refractivity contribution < 1.29 is 0 Å². The lowest BCUT2D eigenvalue weighted by Crippen LogP contribution is -2.40. The first-order valence-electron chi connectivity index (χ1n) is 8.48. The molecular weight excluding hydrogens is 262 g/mol. The van der Waals surface area contributed by atoms with Crippen LogP contribution in [0.2, 0.25) is 0 Å². The number of nitrogens with one attached hydrogen (secondary N) is 1. The van der Waals surface area contributed by atoms with E-state index in [1.54, 1.807) is 6.33 Å². The van der Waals surface area contributed by atoms with Crippen LogP contribution in [0.25, 0.3) is 0 Å². The molecule has 21 heavy (non-hydrogen) atoms. The molecular formula is C16H31N5. The second-order valence-corrected chi connectivity index (χ2v) is 6.69. The molecule has 1 aromatic rings. The van der Waals surface area contributed by atoms with Crippen LogP contribution < -0.4 is 5.32 Å². The van der Waals surface area contributed by atoms with E-state index in [0.717, 1.165) is 50.3 Å². The van der Waals surface area contributed by atoms with Crippen LogP contribution in [0.15, 0.2) is 6.33 Å². The van der Waals surface area contributed by atoms with Gasteiger partial charge in [0.2, 0.25) is 0 Å². The van der Waals surface area contributed by atoms with Gasteiger partial charge in [-0.15, -0.1) is 0 Å². The molecule has 2 rings (SSSR count). The third kappa shape index (κ3) is 5.40. The smallest absolute Gasteiger partial charge is 0.141 e. The van der Waals surface area contributed by atoms with Gasteiger partial charge in [-0.2, -0.15) is 5.10 Å². The molecule has 1 N–H and O–H groups in total. The van der Waals surface area contributed by atoms with Crippen LogP contribution in [0.3, 0.4) is 0 Å². The van der Waals surface area contributed by atoms with E-state index in [1.807, 2.05) is 0 Å². The highest BCUT2D eigenvalue weighted by Gasteiger charge is 2.21. The van der Waals surface area contributed by atoms with Gasteiger partial charge in [-0.25, -0.2) is 9.67 Å². The lowest BCUT2D eigenvalue weighted by atomic mass is 9.98. The highest BCUT2D eigenvalue weighted by atomic mass is 15.3. The zero-order valence-electron chi connectivity index (χ0n) is 13.9. The van der Waals surface area contributed by atoms with Gasteiger partial charge in [-0.05, 0) is 50.7 Å². The van der Waals surface area contributed by atoms with Gasteiger partial charge in [0.1, 0.15) is 12.2 Å². The number of piperidine rings is 1. The monoisotopic (exact) mass is 293 g/mol. The third-order valence-electron chi connectivity index (χ3n) is 4.08. The quantitative estimate of drug-likeness (QED) is 0.798. The van der Waals surface area contributed by atoms with Gasteiger partial charge >= 0.3 is 0 Å². The predicted molar refractivity (Wildman–Crippen MR) is 86.0 cm³/mol. The zero-order valence-corrected chi connectivity index (χ0v) is 13.9. The van der Waals surface area contributed by atoms with Crippen LogP contribution in [-0.4, -0.2) is 45.8 Å². The Balaban J connectivity index is 1.79. The number of likely N-dealkylation sites (tertiary alicyclic amines) is 1. The Morgan fingerprint density at radius 3 is 3.05 bits per heavy atom. The number of aromatic nitrogens is 3. The predicted octanol–water partition coefficient (Wildman–Crippen LogP) is 2.15. The minimum atomic E-state index is 0.734. The van der Waals surface area contributed by atoms with Crippen LogP contribution in [0.1, 0.15) is 45.9 Å². The highest BCUT2D eigenvalue weighted by molar-refractivity contribution is 4.87. The van der Waals surface area contributed by atoms with E-state index in [1.165, 1.54) is 25.9 Å². The Bertz CT molecular complexity index is 401. The first-order chi connectivity index (χ1) is 10.2. The van der Waals surface area contributed by atoms with E-state index in [2.05, 4.69) is 45.8 Å². The van der Waals surface area contributed by atoms with Gasteiger partial charge in [-0.3, -0.25) is 4.90 Å². The molecule has 1 unspecified atom stereocenters. The summed E-state index contributed by atoms with van der Waals surface area (Å²) >= 11 is 0. The molecule has 5 heteroatoms. The zero-order chi connectivity index (χ0) is 15.1. The van der Waals surface area contributed by atoms with Crippen molar-refractivity contribution >= 4 is 0 Å². The Labute approximate surface area is 129 Å². The molecule has 0 aromatic carbocycles. The van der Waals surface area contributed by atoms with Crippen LogP contribution >= 0.6 is 0 Å². The van der Waals surface area contributed by atoms with Crippen LogP contribution in [0, 0.1) is 11.8 Å². The van der Waals surface area contributed by atoms with Gasteiger partial charge in [0, 0.05) is 13.1 Å². The summed E-state index contributed by atoms with van der Waals surface area (Å²) in [6, 6.07) is 0. The van der Waals surface area contributed by atoms with E-state index in [9.17, 15) is 0 Å². The van der Waals surface area contributed by atoms with Crippen LogP contribution in [0.5, 0.6) is 0 Å². The minimum Gasteiger partial charge on any atom is -0.316 e. The van der Waals surface area contributed by atoms with Crippen molar-refractivity contribution in [1.82, 2.24) is 25.0 Å². The average Bonchev–Trinajstić information content (AvgIpc) is 2.87. The summed E-state index contributed by atoms with van der Waals surface area (Å²) < 4.78 is 2.06. The second kappa shape index (κ2) is 8.49. The summed E-state index contributed by atoms with van der Waals surface area (Å²) in [6.45, 7) is 13.3. The molecule has 0 aliphatic carbocycles. The summed E-state index contributed by atoms with van der Waals surface area (Å²) in [5.41, 5.74) is 0. The largest absolute Gasteiger partial charge is 0.316 e. The maximum atomic E-state index is 4.43. The van der Waals surface area contributed by atoms with Crippen molar-refractivity contribution in [1.29, 1.82) is 0 Å². The Hall–Kier alpha value is -0.940. The Morgan fingerprint density at radius 2 is 2.29 bits per heavy atom. The number of aryl methyl sites for hydroxylation is 1. The molecule has 1 aliphatic rings. The molecule has 1 saturated heterocycles. The molecule has 0 radical (unpaired) electrons. The van der Waals surface area contributed by atoms with E-state index in [-0.39, 0.29) is 0 Å². The van der Waals surface area contributed by atoms with Crippen LogP contribution in [-0.2, 0) is 13.1 Å². The second-order valence-electron chi connectivity index (χ2n) is 6.69. The van der Waals surface area contributed by atoms with E-state index in [4.69, 9.17) is 0 Å². The number of hydrogen-bond acceptors (Lipinski definition) is 4. The van der Waals surface area contributed by atoms with Gasteiger partial charge < -0.3 is 5.32 Å². The highest BCUT2D eigenvalue weighted by Crippen LogP contribution is 2.17. The van der Waals surface area contributed by atoms with Crippen molar-refractivity contribution in [3.8, 4) is 0 Å². The molecule has 0 saturated carbocycles. The average molecular weight is 293 g/mol. The summed E-state index contributed by atoms with van der Waals surface area (Å²) in [7, 11) is 0. The first kappa shape index (κ1) is 16.4. The molecule has 1 atom stereocenters. The van der Waals surface area contributed by atoms with Gasteiger partial charge in [0.25, 0.3) is 0 Å². The standard InChI is InChI=1S/C16H31N5/c1-4-7-21-16(18-13-19-21)12-20-8-5-6-15(11-20)10-17-9-14(2)3/h13-15,17H,4-12H2,1-3H3. The minimum absolute atomic E-state index is 0.734. The third-order valence-corrected chi connectivity index (χ3v) is 4.08. The summed E-state index contributed by atoms with van der Waals surface area (Å²) in [5, 5.41) is 7.93. The van der Waals surface area contributed by atoms with Crippen molar-refractivity contribution in [2.24, 2.45) is 11.8 Å². The van der Waals surface area contributed by atoms with Crippen molar-refractivity contribution in [2.75, 3.05) is 26.2 Å². The topological polar surface area (TPSA) is 46.0 Å². The Kier molecular flexibility index (Phi) is 6.64. The SMILES string of the molecule is CCCn1ncnc1CN1CCCC(CNCC(C)C)C1. The molecule has 1 aromatic heterocycles. The normalized spacial score (nSPS) is 20.3. The van der Waals surface area contributed by atoms with Crippen LogP contribution in [0.4, 0.5) is 0 Å². The van der Waals surface area contributed by atoms with E-state index in [0.29, 0.717) is 0 Å². The van der Waals surface area contributed by atoms with Gasteiger partial charge in [0.05, 0.1) is 6.54 Å². The lowest BCUT2D eigenvalue weighted by molar-refractivity contribution is 0.159. The fourth-order valence-corrected chi connectivity index (χ4v) is 3.05. The molecule has 0 bridgehead atoms. The maximum absolute atomic E-state index is 4.43. The number of hydrogen-bond donors (Lipinski definition) is 1. The fraction of sp³-hybridized carbons (Fsp3) is 0.875. The molecule has 0 amide bonds. The first-order valence-corrected chi connectivity index (χ1v) is 8.48. The van der Waals surface area contributed by atoms with E-state index >= 15 is 0 Å². The van der Waals surface area contributed by atoms with Crippen molar-refractivity contribution in [2.45, 2.75) is 53.1 Å². The van der Waals surface area contributed by atoms with Gasteiger partial charge in [0.15, 0.2) is 0 Å². The molecule has 1 aliphatic heterocycles. The Morgan fingerprint density at radius 1 is 1.43 bits per heavy atom.